The fraction of sp³-hybridized carbons (Fsp3) is 0.308. The molecule has 2 aromatic rings. The van der Waals surface area contributed by atoms with E-state index < -0.39 is 0 Å². The van der Waals surface area contributed by atoms with Crippen LogP contribution in [0.25, 0.3) is 10.9 Å². The number of aromatic nitrogens is 1. The second-order valence-electron chi connectivity index (χ2n) is 4.01. The zero-order valence-electron chi connectivity index (χ0n) is 9.65. The highest BCUT2D eigenvalue weighted by Gasteiger charge is 2.10. The molecule has 1 aromatic heterocycles. The number of hydrogen-bond donors (Lipinski definition) is 1. The van der Waals surface area contributed by atoms with Crippen molar-refractivity contribution in [2.24, 2.45) is 0 Å². The van der Waals surface area contributed by atoms with Gasteiger partial charge in [-0.3, -0.25) is 4.79 Å². The number of pyridine rings is 1. The van der Waals surface area contributed by atoms with E-state index in [-0.39, 0.29) is 5.43 Å². The number of nitrogens with one attached hydrogen (secondary N) is 1. The molecule has 84 valence electrons. The van der Waals surface area contributed by atoms with E-state index in [4.69, 9.17) is 11.6 Å². The van der Waals surface area contributed by atoms with Gasteiger partial charge in [0, 0.05) is 21.7 Å². The van der Waals surface area contributed by atoms with Crippen molar-refractivity contribution in [2.45, 2.75) is 27.2 Å². The van der Waals surface area contributed by atoms with Crippen LogP contribution < -0.4 is 5.43 Å². The Kier molecular flexibility index (Phi) is 2.76. The Labute approximate surface area is 99.3 Å². The third-order valence-electron chi connectivity index (χ3n) is 3.04. The Hall–Kier alpha value is -1.28. The highest BCUT2D eigenvalue weighted by Crippen LogP contribution is 2.22. The summed E-state index contributed by atoms with van der Waals surface area (Å²) in [6, 6.07) is 3.57. The molecule has 0 fully saturated rings. The highest BCUT2D eigenvalue weighted by molar-refractivity contribution is 6.32. The fourth-order valence-corrected chi connectivity index (χ4v) is 2.22. The monoisotopic (exact) mass is 235 g/mol. The van der Waals surface area contributed by atoms with Crippen molar-refractivity contribution >= 4 is 22.5 Å². The molecule has 1 heterocycles. The first-order valence-electron chi connectivity index (χ1n) is 5.36. The summed E-state index contributed by atoms with van der Waals surface area (Å²) >= 11 is 6.04. The molecule has 0 saturated carbocycles. The Bertz CT molecular complexity index is 613. The van der Waals surface area contributed by atoms with E-state index in [2.05, 4.69) is 4.98 Å². The third-order valence-corrected chi connectivity index (χ3v) is 3.45. The lowest BCUT2D eigenvalue weighted by Crippen LogP contribution is -2.12. The van der Waals surface area contributed by atoms with Crippen molar-refractivity contribution in [3.05, 3.63) is 44.2 Å². The van der Waals surface area contributed by atoms with Gasteiger partial charge in [0.2, 0.25) is 0 Å². The molecule has 0 radical (unpaired) electrons. The first kappa shape index (κ1) is 11.2. The molecule has 0 amide bonds. The minimum absolute atomic E-state index is 0.119. The lowest BCUT2D eigenvalue weighted by Gasteiger charge is -2.09. The lowest BCUT2D eigenvalue weighted by atomic mass is 10.0. The molecule has 0 aliphatic heterocycles. The van der Waals surface area contributed by atoms with Gasteiger partial charge in [0.05, 0.1) is 5.52 Å². The quantitative estimate of drug-likeness (QED) is 0.808. The summed E-state index contributed by atoms with van der Waals surface area (Å²) in [5.74, 6) is 0. The van der Waals surface area contributed by atoms with Crippen molar-refractivity contribution < 1.29 is 0 Å². The summed E-state index contributed by atoms with van der Waals surface area (Å²) in [6.45, 7) is 5.85. The van der Waals surface area contributed by atoms with Crippen LogP contribution in [0, 0.1) is 13.8 Å². The molecule has 0 saturated heterocycles. The second kappa shape index (κ2) is 3.95. The SMILES string of the molecule is CCc1c(C)[nH]c2c(C)c(Cl)ccc2c1=O. The molecular formula is C13H14ClNO. The summed E-state index contributed by atoms with van der Waals surface area (Å²) in [5.41, 5.74) is 3.70. The van der Waals surface area contributed by atoms with E-state index in [1.165, 1.54) is 0 Å². The minimum atomic E-state index is 0.119. The highest BCUT2D eigenvalue weighted by atomic mass is 35.5. The molecule has 3 heteroatoms. The van der Waals surface area contributed by atoms with Gasteiger partial charge in [-0.2, -0.15) is 0 Å². The first-order chi connectivity index (χ1) is 7.56. The third kappa shape index (κ3) is 1.54. The molecule has 1 aromatic carbocycles. The average molecular weight is 236 g/mol. The van der Waals surface area contributed by atoms with Crippen molar-refractivity contribution in [3.63, 3.8) is 0 Å². The van der Waals surface area contributed by atoms with Gasteiger partial charge in [0.15, 0.2) is 5.43 Å². The standard InChI is InChI=1S/C13H14ClNO/c1-4-9-8(3)15-12-7(2)11(14)6-5-10(12)13(9)16/h5-6H,4H2,1-3H3,(H,15,16). The first-order valence-corrected chi connectivity index (χ1v) is 5.74. The van der Waals surface area contributed by atoms with E-state index in [0.29, 0.717) is 5.02 Å². The van der Waals surface area contributed by atoms with Gasteiger partial charge in [-0.15, -0.1) is 0 Å². The van der Waals surface area contributed by atoms with Crippen LogP contribution in [-0.4, -0.2) is 4.98 Å². The van der Waals surface area contributed by atoms with E-state index in [1.807, 2.05) is 20.8 Å². The number of aryl methyl sites for hydroxylation is 2. The predicted molar refractivity (Wildman–Crippen MR) is 68.4 cm³/mol. The zero-order chi connectivity index (χ0) is 11.9. The van der Waals surface area contributed by atoms with Crippen molar-refractivity contribution in [1.29, 1.82) is 0 Å². The number of benzene rings is 1. The van der Waals surface area contributed by atoms with Crippen LogP contribution in [0.2, 0.25) is 5.02 Å². The Morgan fingerprint density at radius 2 is 2.00 bits per heavy atom. The van der Waals surface area contributed by atoms with Crippen molar-refractivity contribution in [1.82, 2.24) is 4.98 Å². The Balaban J connectivity index is 2.99. The molecule has 2 nitrogen and oxygen atoms in total. The zero-order valence-corrected chi connectivity index (χ0v) is 10.4. The maximum atomic E-state index is 12.2. The van der Waals surface area contributed by atoms with Gasteiger partial charge in [-0.25, -0.2) is 0 Å². The molecular weight excluding hydrogens is 222 g/mol. The second-order valence-corrected chi connectivity index (χ2v) is 4.41. The van der Waals surface area contributed by atoms with Gasteiger partial charge in [0.1, 0.15) is 0 Å². The maximum Gasteiger partial charge on any atom is 0.192 e. The van der Waals surface area contributed by atoms with Gasteiger partial charge < -0.3 is 4.98 Å². The van der Waals surface area contributed by atoms with Crippen LogP contribution in [0.1, 0.15) is 23.7 Å². The van der Waals surface area contributed by atoms with E-state index in [1.54, 1.807) is 12.1 Å². The van der Waals surface area contributed by atoms with Crippen LogP contribution in [-0.2, 0) is 6.42 Å². The molecule has 1 N–H and O–H groups in total. The van der Waals surface area contributed by atoms with Crippen LogP contribution in [0.5, 0.6) is 0 Å². The molecule has 16 heavy (non-hydrogen) atoms. The number of rotatable bonds is 1. The summed E-state index contributed by atoms with van der Waals surface area (Å²) in [6.07, 6.45) is 0.749. The van der Waals surface area contributed by atoms with Crippen LogP contribution >= 0.6 is 11.6 Å². The molecule has 0 aliphatic carbocycles. The van der Waals surface area contributed by atoms with Crippen LogP contribution in [0.15, 0.2) is 16.9 Å². The molecule has 0 unspecified atom stereocenters. The Morgan fingerprint density at radius 3 is 2.62 bits per heavy atom. The van der Waals surface area contributed by atoms with E-state index >= 15 is 0 Å². The normalized spacial score (nSPS) is 11.0. The van der Waals surface area contributed by atoms with Gasteiger partial charge in [-0.1, -0.05) is 18.5 Å². The molecule has 0 atom stereocenters. The number of H-pyrrole nitrogens is 1. The largest absolute Gasteiger partial charge is 0.358 e. The minimum Gasteiger partial charge on any atom is -0.358 e. The number of aromatic amines is 1. The molecule has 0 spiro atoms. The van der Waals surface area contributed by atoms with Gasteiger partial charge >= 0.3 is 0 Å². The molecule has 2 rings (SSSR count). The topological polar surface area (TPSA) is 32.9 Å². The van der Waals surface area contributed by atoms with Crippen molar-refractivity contribution in [3.8, 4) is 0 Å². The summed E-state index contributed by atoms with van der Waals surface area (Å²) in [7, 11) is 0. The Morgan fingerprint density at radius 1 is 1.31 bits per heavy atom. The lowest BCUT2D eigenvalue weighted by molar-refractivity contribution is 1.05. The summed E-state index contributed by atoms with van der Waals surface area (Å²) in [4.78, 5) is 15.5. The smallest absolute Gasteiger partial charge is 0.192 e. The van der Waals surface area contributed by atoms with Crippen LogP contribution in [0.4, 0.5) is 0 Å². The molecule has 0 aliphatic rings. The fourth-order valence-electron chi connectivity index (χ4n) is 2.06. The summed E-state index contributed by atoms with van der Waals surface area (Å²) < 4.78 is 0. The average Bonchev–Trinajstić information content (AvgIpc) is 2.25. The number of hydrogen-bond acceptors (Lipinski definition) is 1. The van der Waals surface area contributed by atoms with E-state index in [9.17, 15) is 4.79 Å². The van der Waals surface area contributed by atoms with Crippen LogP contribution in [0.3, 0.4) is 0 Å². The van der Waals surface area contributed by atoms with Gasteiger partial charge in [-0.05, 0) is 38.0 Å². The maximum absolute atomic E-state index is 12.2. The van der Waals surface area contributed by atoms with Crippen molar-refractivity contribution in [2.75, 3.05) is 0 Å². The number of halogens is 1. The summed E-state index contributed by atoms with van der Waals surface area (Å²) in [5, 5.41) is 1.41. The van der Waals surface area contributed by atoms with E-state index in [0.717, 1.165) is 34.1 Å². The van der Waals surface area contributed by atoms with Gasteiger partial charge in [0.25, 0.3) is 0 Å². The number of fused-ring (bicyclic) bond motifs is 1. The molecule has 0 bridgehead atoms. The predicted octanol–water partition coefficient (Wildman–Crippen LogP) is 3.36.